The van der Waals surface area contributed by atoms with Gasteiger partial charge >= 0.3 is 6.18 Å². The molecule has 0 saturated carbocycles. The summed E-state index contributed by atoms with van der Waals surface area (Å²) in [6.45, 7) is 1.18. The van der Waals surface area contributed by atoms with Crippen LogP contribution >= 0.6 is 0 Å². The van der Waals surface area contributed by atoms with Crippen molar-refractivity contribution in [2.24, 2.45) is 0 Å². The lowest BCUT2D eigenvalue weighted by molar-refractivity contribution is -0.141. The van der Waals surface area contributed by atoms with E-state index < -0.39 is 11.9 Å². The van der Waals surface area contributed by atoms with E-state index in [1.165, 1.54) is 6.33 Å². The standard InChI is InChI=1S/C11H13F3N6O/c1-21-5-4-20-7-17-19-9(20)6-16-10-15-3-2-8(18-10)11(12,13)14/h2-3,7H,4-6H2,1H3,(H,15,16,18). The summed E-state index contributed by atoms with van der Waals surface area (Å²) in [5.74, 6) is 0.430. The number of nitrogens with one attached hydrogen (secondary N) is 1. The number of halogens is 3. The fourth-order valence-corrected chi connectivity index (χ4v) is 1.55. The molecular formula is C11H13F3N6O. The molecule has 0 saturated heterocycles. The van der Waals surface area contributed by atoms with Gasteiger partial charge in [0.1, 0.15) is 12.0 Å². The minimum Gasteiger partial charge on any atom is -0.383 e. The van der Waals surface area contributed by atoms with Gasteiger partial charge in [0.05, 0.1) is 13.2 Å². The highest BCUT2D eigenvalue weighted by molar-refractivity contribution is 5.26. The van der Waals surface area contributed by atoms with E-state index in [1.807, 2.05) is 0 Å². The van der Waals surface area contributed by atoms with E-state index in [-0.39, 0.29) is 12.5 Å². The summed E-state index contributed by atoms with van der Waals surface area (Å²) in [7, 11) is 1.57. The van der Waals surface area contributed by atoms with Gasteiger partial charge in [-0.2, -0.15) is 13.2 Å². The van der Waals surface area contributed by atoms with E-state index in [0.717, 1.165) is 12.3 Å². The van der Waals surface area contributed by atoms with Crippen molar-refractivity contribution < 1.29 is 17.9 Å². The lowest BCUT2D eigenvalue weighted by Crippen LogP contribution is -2.14. The first-order valence-electron chi connectivity index (χ1n) is 6.00. The van der Waals surface area contributed by atoms with Crippen molar-refractivity contribution in [3.8, 4) is 0 Å². The zero-order valence-electron chi connectivity index (χ0n) is 11.1. The SMILES string of the molecule is COCCn1cnnc1CNc1nccc(C(F)(F)F)n1. The number of alkyl halides is 3. The van der Waals surface area contributed by atoms with E-state index in [0.29, 0.717) is 19.0 Å². The Bertz CT molecular complexity index is 585. The second kappa shape index (κ2) is 6.48. The van der Waals surface area contributed by atoms with Crippen LogP contribution in [0.4, 0.5) is 19.1 Å². The first-order chi connectivity index (χ1) is 10.0. The van der Waals surface area contributed by atoms with Crippen molar-refractivity contribution in [1.82, 2.24) is 24.7 Å². The molecule has 0 radical (unpaired) electrons. The van der Waals surface area contributed by atoms with Crippen LogP contribution in [0.1, 0.15) is 11.5 Å². The van der Waals surface area contributed by atoms with Gasteiger partial charge in [0.25, 0.3) is 0 Å². The van der Waals surface area contributed by atoms with Gasteiger partial charge in [0, 0.05) is 19.9 Å². The van der Waals surface area contributed by atoms with Crippen LogP contribution < -0.4 is 5.32 Å². The predicted octanol–water partition coefficient (Wildman–Crippen LogP) is 1.35. The number of hydrogen-bond donors (Lipinski definition) is 1. The van der Waals surface area contributed by atoms with Gasteiger partial charge in [-0.15, -0.1) is 10.2 Å². The van der Waals surface area contributed by atoms with Gasteiger partial charge in [-0.3, -0.25) is 0 Å². The summed E-state index contributed by atoms with van der Waals surface area (Å²) in [5, 5.41) is 10.3. The van der Waals surface area contributed by atoms with Gasteiger partial charge in [0.2, 0.25) is 5.95 Å². The van der Waals surface area contributed by atoms with Gasteiger partial charge < -0.3 is 14.6 Å². The van der Waals surface area contributed by atoms with Crippen molar-refractivity contribution >= 4 is 5.95 Å². The Morgan fingerprint density at radius 2 is 2.19 bits per heavy atom. The first-order valence-corrected chi connectivity index (χ1v) is 6.00. The molecule has 0 atom stereocenters. The van der Waals surface area contributed by atoms with E-state index >= 15 is 0 Å². The molecule has 114 valence electrons. The van der Waals surface area contributed by atoms with Crippen LogP contribution in [0.5, 0.6) is 0 Å². The van der Waals surface area contributed by atoms with Crippen LogP contribution in [0, 0.1) is 0 Å². The molecule has 0 amide bonds. The second-order valence-electron chi connectivity index (χ2n) is 4.05. The molecule has 0 bridgehead atoms. The van der Waals surface area contributed by atoms with Crippen LogP contribution in [0.25, 0.3) is 0 Å². The number of nitrogens with zero attached hydrogens (tertiary/aromatic N) is 5. The van der Waals surface area contributed by atoms with Gasteiger partial charge in [-0.05, 0) is 6.07 Å². The fraction of sp³-hybridized carbons (Fsp3) is 0.455. The molecule has 2 heterocycles. The van der Waals surface area contributed by atoms with Crippen molar-refractivity contribution in [1.29, 1.82) is 0 Å². The van der Waals surface area contributed by atoms with Crippen molar-refractivity contribution in [3.63, 3.8) is 0 Å². The third-order valence-electron chi connectivity index (χ3n) is 2.58. The highest BCUT2D eigenvalue weighted by Gasteiger charge is 2.32. The van der Waals surface area contributed by atoms with E-state index in [4.69, 9.17) is 4.74 Å². The molecule has 0 aliphatic carbocycles. The maximum absolute atomic E-state index is 12.5. The number of ether oxygens (including phenoxy) is 1. The molecule has 2 aromatic heterocycles. The summed E-state index contributed by atoms with van der Waals surface area (Å²) in [5.41, 5.74) is -0.999. The molecule has 0 fully saturated rings. The molecule has 21 heavy (non-hydrogen) atoms. The van der Waals surface area contributed by atoms with Crippen LogP contribution in [-0.4, -0.2) is 38.4 Å². The van der Waals surface area contributed by atoms with E-state index in [2.05, 4.69) is 25.5 Å². The number of anilines is 1. The predicted molar refractivity (Wildman–Crippen MR) is 66.3 cm³/mol. The maximum Gasteiger partial charge on any atom is 0.433 e. The summed E-state index contributed by atoms with van der Waals surface area (Å²) in [6.07, 6.45) is -1.94. The van der Waals surface area contributed by atoms with E-state index in [9.17, 15) is 13.2 Å². The number of aromatic nitrogens is 5. The van der Waals surface area contributed by atoms with Crippen molar-refractivity contribution in [2.45, 2.75) is 19.3 Å². The second-order valence-corrected chi connectivity index (χ2v) is 4.05. The minimum atomic E-state index is -4.50. The van der Waals surface area contributed by atoms with Crippen LogP contribution in [0.3, 0.4) is 0 Å². The van der Waals surface area contributed by atoms with Crippen LogP contribution in [-0.2, 0) is 24.0 Å². The fourth-order valence-electron chi connectivity index (χ4n) is 1.55. The summed E-state index contributed by atoms with van der Waals surface area (Å²) in [6, 6.07) is 0.812. The van der Waals surface area contributed by atoms with E-state index in [1.54, 1.807) is 11.7 Å². The normalized spacial score (nSPS) is 11.6. The molecule has 0 aliphatic rings. The first kappa shape index (κ1) is 15.2. The highest BCUT2D eigenvalue weighted by Crippen LogP contribution is 2.27. The smallest absolute Gasteiger partial charge is 0.383 e. The molecule has 0 unspecified atom stereocenters. The Kier molecular flexibility index (Phi) is 4.68. The molecule has 0 aliphatic heterocycles. The molecule has 0 spiro atoms. The average molecular weight is 302 g/mol. The highest BCUT2D eigenvalue weighted by atomic mass is 19.4. The molecule has 0 aromatic carbocycles. The molecule has 7 nitrogen and oxygen atoms in total. The largest absolute Gasteiger partial charge is 0.433 e. The summed E-state index contributed by atoms with van der Waals surface area (Å²) >= 11 is 0. The molecule has 10 heteroatoms. The number of hydrogen-bond acceptors (Lipinski definition) is 6. The molecule has 1 N–H and O–H groups in total. The Labute approximate surface area is 118 Å². The van der Waals surface area contributed by atoms with Crippen LogP contribution in [0.2, 0.25) is 0 Å². The van der Waals surface area contributed by atoms with Gasteiger partial charge in [-0.1, -0.05) is 0 Å². The van der Waals surface area contributed by atoms with Gasteiger partial charge in [0.15, 0.2) is 5.82 Å². The van der Waals surface area contributed by atoms with Crippen molar-refractivity contribution in [2.75, 3.05) is 19.0 Å². The lowest BCUT2D eigenvalue weighted by atomic mass is 10.4. The Morgan fingerprint density at radius 1 is 1.38 bits per heavy atom. The minimum absolute atomic E-state index is 0.119. The topological polar surface area (TPSA) is 77.8 Å². The zero-order chi connectivity index (χ0) is 15.3. The third kappa shape index (κ3) is 4.12. The molecule has 2 rings (SSSR count). The number of rotatable bonds is 6. The molecule has 2 aromatic rings. The monoisotopic (exact) mass is 302 g/mol. The Balaban J connectivity index is 2.02. The van der Waals surface area contributed by atoms with Gasteiger partial charge in [-0.25, -0.2) is 9.97 Å². The molecular weight excluding hydrogens is 289 g/mol. The Hall–Kier alpha value is -2.23. The quantitative estimate of drug-likeness (QED) is 0.868. The van der Waals surface area contributed by atoms with Crippen LogP contribution in [0.15, 0.2) is 18.6 Å². The third-order valence-corrected chi connectivity index (χ3v) is 2.58. The zero-order valence-corrected chi connectivity index (χ0v) is 11.1. The maximum atomic E-state index is 12.5. The lowest BCUT2D eigenvalue weighted by Gasteiger charge is -2.09. The number of methoxy groups -OCH3 is 1. The summed E-state index contributed by atoms with van der Waals surface area (Å²) in [4.78, 5) is 7.15. The summed E-state index contributed by atoms with van der Waals surface area (Å²) < 4.78 is 44.2. The van der Waals surface area contributed by atoms with Crippen molar-refractivity contribution in [3.05, 3.63) is 30.1 Å². The average Bonchev–Trinajstić information content (AvgIpc) is 2.90. The Morgan fingerprint density at radius 3 is 2.90 bits per heavy atom.